The van der Waals surface area contributed by atoms with Crippen LogP contribution in [-0.4, -0.2) is 116 Å². The number of nitrogens with zero attached hydrogens (tertiary/aromatic N) is 2. The van der Waals surface area contributed by atoms with Crippen LogP contribution in [0.5, 0.6) is 0 Å². The van der Waals surface area contributed by atoms with Gasteiger partial charge in [0.05, 0.1) is 80.7 Å². The quantitative estimate of drug-likeness (QED) is 0.0295. The predicted molar refractivity (Wildman–Crippen MR) is 372 cm³/mol. The molecule has 5 fully saturated rings. The van der Waals surface area contributed by atoms with Gasteiger partial charge < -0.3 is 33.2 Å². The Labute approximate surface area is 626 Å². The summed E-state index contributed by atoms with van der Waals surface area (Å²) in [7, 11) is 6.83. The molecule has 0 spiro atoms. The maximum Gasteiger partial charge on any atom is 1.00 e. The molecule has 0 aromatic carbocycles. The number of esters is 2. The summed E-state index contributed by atoms with van der Waals surface area (Å²) in [5.41, 5.74) is 16.8. The van der Waals surface area contributed by atoms with Gasteiger partial charge in [0, 0.05) is 43.7 Å². The van der Waals surface area contributed by atoms with Gasteiger partial charge >= 0.3 is 61.7 Å². The predicted octanol–water partition coefficient (Wildman–Crippen LogP) is 13.6. The number of Topliss-reactive ketones (excluding diaryl/α,β-unsaturated/α-hetero) is 1. The van der Waals surface area contributed by atoms with Gasteiger partial charge in [-0.3, -0.25) is 14.4 Å². The van der Waals surface area contributed by atoms with Gasteiger partial charge in [-0.1, -0.05) is 19.6 Å². The zero-order chi connectivity index (χ0) is 72.8. The van der Waals surface area contributed by atoms with Gasteiger partial charge in [0.2, 0.25) is 11.8 Å². The first-order valence-corrected chi connectivity index (χ1v) is 40.9. The number of aromatic nitrogens is 2. The Kier molecular flexibility index (Phi) is 51.0. The number of ketones is 1. The molecule has 0 saturated heterocycles. The normalized spacial score (nSPS) is 23.4. The van der Waals surface area contributed by atoms with Gasteiger partial charge in [-0.05, 0) is 213 Å². The largest absolute Gasteiger partial charge is 1.00 e. The maximum absolute atomic E-state index is 12.7. The third-order valence-electron chi connectivity index (χ3n) is 16.2. The van der Waals surface area contributed by atoms with Crippen molar-refractivity contribution < 1.29 is 125 Å². The molecular formula is C57H87AlClF15LiN5O8P2S8. The standard InChI is InChI=1S/C14H18F3NO2S.C12H16F3NOS.2C8H12F3NO.C8H12F3NS.C6H9ClO3.CH4.Al.Li.P2S5.4H/c1-3-20-13(19)11-8(2)18-12(21-11)9-4-6-10(7-5-9)14(15,16)17;1-7-10(6-17)18-11(16-7)8-2-4-9(5-3-8)12(13,14)15;3*9-8(10,11)6-3-1-5(2-4-6)7(12)13;1-3-10-6(9)5(7)4(2)8;;;;3-1-2-5-7-6-4;;;;/h9-10H,3-7H2,1-2H3;8-9,17H,2-6H2,1H3;3*5-6H,1-4H2,(H2,12,13);5H,3H2,1-2H3;1H4;;;;;;;/q;;;;;;;;+1;;;;;-1. The van der Waals surface area contributed by atoms with E-state index in [1.54, 1.807) is 39.2 Å². The van der Waals surface area contributed by atoms with E-state index in [4.69, 9.17) is 50.9 Å². The second-order valence-corrected chi connectivity index (χ2v) is 35.4. The molecule has 0 aliphatic heterocycles. The Morgan fingerprint density at radius 3 is 1.18 bits per heavy atom. The Hall–Kier alpha value is -1.27. The van der Waals surface area contributed by atoms with E-state index >= 15 is 0 Å². The summed E-state index contributed by atoms with van der Waals surface area (Å²) in [6.07, 6.45) is -15.1. The van der Waals surface area contributed by atoms with E-state index < -0.39 is 89.6 Å². The van der Waals surface area contributed by atoms with Gasteiger partial charge in [0.15, 0.2) is 28.5 Å². The molecule has 562 valence electrons. The summed E-state index contributed by atoms with van der Waals surface area (Å²) in [5.74, 6) is -8.87. The van der Waals surface area contributed by atoms with E-state index in [9.17, 15) is 89.8 Å². The second-order valence-electron chi connectivity index (χ2n) is 22.7. The molecule has 5 saturated carbocycles. The topological polar surface area (TPSA) is 228 Å². The first-order chi connectivity index (χ1) is 44.0. The number of hydrogen-bond donors (Lipinski definition) is 4. The summed E-state index contributed by atoms with van der Waals surface area (Å²) in [5, 5.41) is 9.61. The van der Waals surface area contributed by atoms with Gasteiger partial charge in [-0.25, -0.2) is 19.6 Å². The number of nitrogens with two attached hydrogens (primary N) is 3. The van der Waals surface area contributed by atoms with Crippen LogP contribution in [-0.2, 0) is 85.5 Å². The summed E-state index contributed by atoms with van der Waals surface area (Å²) >= 11 is 22.0. The summed E-state index contributed by atoms with van der Waals surface area (Å²) < 4.78 is 195. The maximum atomic E-state index is 12.7. The Morgan fingerprint density at radius 2 is 0.918 bits per heavy atom. The van der Waals surface area contributed by atoms with Crippen molar-refractivity contribution in [3.63, 3.8) is 0 Å². The number of alkyl halides is 16. The summed E-state index contributed by atoms with van der Waals surface area (Å²) in [6, 6.07) is 0. The molecule has 5 aliphatic rings. The zero-order valence-corrected chi connectivity index (χ0v) is 62.3. The number of thiocarbonyl (C=S) groups is 1. The fourth-order valence-corrected chi connectivity index (χ4v) is 22.7. The van der Waals surface area contributed by atoms with Crippen molar-refractivity contribution in [1.29, 1.82) is 0 Å². The van der Waals surface area contributed by atoms with Gasteiger partial charge in [0.25, 0.3) is 0 Å². The van der Waals surface area contributed by atoms with E-state index in [1.165, 1.54) is 45.5 Å². The number of aliphatic hydroxyl groups excluding tert-OH is 1. The Morgan fingerprint density at radius 1 is 0.602 bits per heavy atom. The van der Waals surface area contributed by atoms with Crippen LogP contribution in [0.2, 0.25) is 0 Å². The van der Waals surface area contributed by atoms with E-state index in [0.29, 0.717) is 60.7 Å². The minimum atomic E-state index is -4.11. The molecule has 7 rings (SSSR count). The first-order valence-electron chi connectivity index (χ1n) is 29.9. The van der Waals surface area contributed by atoms with Crippen molar-refractivity contribution in [2.45, 2.75) is 225 Å². The number of primary amides is 2. The van der Waals surface area contributed by atoms with Crippen molar-refractivity contribution in [2.24, 2.45) is 64.5 Å². The number of amides is 2. The van der Waals surface area contributed by atoms with Crippen molar-refractivity contribution in [2.75, 3.05) is 13.2 Å². The number of carbonyl (C=O) groups is 5. The number of hydrogen-bond acceptors (Lipinski definition) is 15. The first kappa shape index (κ1) is 101. The van der Waals surface area contributed by atoms with Crippen molar-refractivity contribution in [1.82, 2.24) is 9.97 Å². The molecule has 1 atom stereocenters. The second kappa shape index (κ2) is 49.5. The summed E-state index contributed by atoms with van der Waals surface area (Å²) in [6.45, 7) is 8.68. The van der Waals surface area contributed by atoms with E-state index in [2.05, 4.69) is 37.7 Å². The van der Waals surface area contributed by atoms with Crippen LogP contribution in [0.1, 0.15) is 206 Å². The molecule has 2 aromatic heterocycles. The number of rotatable bonds is 12. The Bertz CT molecular complexity index is 2790. The fourth-order valence-electron chi connectivity index (χ4n) is 10.6. The molecule has 5 aliphatic carbocycles. The molecule has 0 radical (unpaired) electrons. The van der Waals surface area contributed by atoms with Crippen LogP contribution in [0.25, 0.3) is 0 Å². The van der Waals surface area contributed by atoms with Crippen LogP contribution in [0.15, 0.2) is 0 Å². The monoisotopic (exact) mass is 1640 g/mol. The Balaban J connectivity index is -0.000000540. The minimum absolute atomic E-state index is 0. The third-order valence-corrected chi connectivity index (χ3v) is 29.6. The third kappa shape index (κ3) is 38.7. The van der Waals surface area contributed by atoms with Crippen LogP contribution in [0.3, 0.4) is 0 Å². The number of carbonyl (C=O) groups excluding carboxylic acids is 5. The molecule has 2 heterocycles. The molecule has 2 aromatic rings. The van der Waals surface area contributed by atoms with Gasteiger partial charge in [-0.15, -0.1) is 34.3 Å². The number of aryl methyl sites for hydroxylation is 2. The number of thiazole rings is 2. The molecule has 7 N–H and O–H groups in total. The zero-order valence-electron chi connectivity index (χ0n) is 54.3. The SMILES string of the molecule is C.CCOC(=O)C(Cl)C(C)=O.CCOC(=O)c1sc(C2CCC(C(F)(F)F)CC2)nc1C.Cc1nc(C2CCC(C(F)(F)F)CC2)sc1CO.NC(=O)C1CCC(C(F)(F)F)CC1.NC(=O)C1CCC(C(F)(F)F)CC1.NC(=S)C1CCC(C(F)(F)F)CC1.S=PP=S=S=S=S.[AlH3].[H-].[Li+]. The van der Waals surface area contributed by atoms with Crippen molar-refractivity contribution >= 4 is 163 Å². The molecule has 2 amide bonds. The molecule has 98 heavy (non-hydrogen) atoms. The van der Waals surface area contributed by atoms with E-state index in [1.807, 2.05) is 6.92 Å². The minimum Gasteiger partial charge on any atom is -1.00 e. The number of halogens is 16. The van der Waals surface area contributed by atoms with E-state index in [0.717, 1.165) is 27.6 Å². The van der Waals surface area contributed by atoms with E-state index in [-0.39, 0.29) is 184 Å². The van der Waals surface area contributed by atoms with Crippen LogP contribution in [0.4, 0.5) is 65.9 Å². The van der Waals surface area contributed by atoms with Crippen LogP contribution >= 0.6 is 60.6 Å². The number of ether oxygens (including phenoxy) is 2. The fraction of sp³-hybridized carbons (Fsp3) is 0.789. The molecular weight excluding hydrogens is 1560 g/mol. The molecule has 0 bridgehead atoms. The van der Waals surface area contributed by atoms with Crippen LogP contribution in [0, 0.1) is 61.2 Å². The van der Waals surface area contributed by atoms with Gasteiger partial charge in [0.1, 0.15) is 4.88 Å². The molecule has 41 heteroatoms. The van der Waals surface area contributed by atoms with Gasteiger partial charge in [-0.2, -0.15) is 65.9 Å². The number of aliphatic hydroxyl groups is 1. The molecule has 13 nitrogen and oxygen atoms in total. The smallest absolute Gasteiger partial charge is 1.00 e. The average molecular weight is 1640 g/mol. The molecule has 1 unspecified atom stereocenters. The van der Waals surface area contributed by atoms with Crippen molar-refractivity contribution in [3.8, 4) is 0 Å². The van der Waals surface area contributed by atoms with Crippen LogP contribution < -0.4 is 36.1 Å². The summed E-state index contributed by atoms with van der Waals surface area (Å²) in [4.78, 5) is 64.5. The van der Waals surface area contributed by atoms with Crippen molar-refractivity contribution in [3.05, 3.63) is 31.2 Å². The average Bonchev–Trinajstić information content (AvgIpc) is 1.74.